The first-order valence-corrected chi connectivity index (χ1v) is 8.82. The van der Waals surface area contributed by atoms with Crippen LogP contribution in [0.15, 0.2) is 77.9 Å². The van der Waals surface area contributed by atoms with E-state index in [1.54, 1.807) is 24.3 Å². The SMILES string of the molecule is Fc1ccc(C2=NN3[C@@H](C2)c2ccccc2O[C@H]3c2ccc(F)cc2)cc1. The molecule has 134 valence electrons. The third-order valence-corrected chi connectivity index (χ3v) is 5.03. The molecule has 0 aromatic heterocycles. The first kappa shape index (κ1) is 16.0. The number of para-hydroxylation sites is 1. The summed E-state index contributed by atoms with van der Waals surface area (Å²) in [5.41, 5.74) is 3.67. The zero-order valence-electron chi connectivity index (χ0n) is 14.3. The van der Waals surface area contributed by atoms with E-state index >= 15 is 0 Å². The van der Waals surface area contributed by atoms with Crippen molar-refractivity contribution in [3.8, 4) is 5.75 Å². The topological polar surface area (TPSA) is 24.8 Å². The average molecular weight is 362 g/mol. The van der Waals surface area contributed by atoms with Gasteiger partial charge < -0.3 is 4.74 Å². The minimum atomic E-state index is -0.441. The molecule has 3 nitrogen and oxygen atoms in total. The molecule has 3 aromatic rings. The van der Waals surface area contributed by atoms with Crippen LogP contribution in [0.25, 0.3) is 0 Å². The number of rotatable bonds is 2. The Morgan fingerprint density at radius 1 is 0.852 bits per heavy atom. The van der Waals surface area contributed by atoms with Crippen LogP contribution in [-0.2, 0) is 0 Å². The Kier molecular flexibility index (Phi) is 3.67. The number of hydrogen-bond donors (Lipinski definition) is 0. The van der Waals surface area contributed by atoms with Crippen molar-refractivity contribution >= 4 is 5.71 Å². The number of ether oxygens (including phenoxy) is 1. The molecule has 0 saturated heterocycles. The van der Waals surface area contributed by atoms with E-state index in [4.69, 9.17) is 9.84 Å². The highest BCUT2D eigenvalue weighted by Crippen LogP contribution is 2.47. The van der Waals surface area contributed by atoms with Crippen molar-refractivity contribution in [2.75, 3.05) is 0 Å². The van der Waals surface area contributed by atoms with Crippen molar-refractivity contribution in [3.63, 3.8) is 0 Å². The predicted octanol–water partition coefficient (Wildman–Crippen LogP) is 5.21. The smallest absolute Gasteiger partial charge is 0.213 e. The van der Waals surface area contributed by atoms with E-state index < -0.39 is 6.23 Å². The molecule has 0 saturated carbocycles. The van der Waals surface area contributed by atoms with Gasteiger partial charge in [0.15, 0.2) is 0 Å². The molecule has 5 heteroatoms. The number of benzene rings is 3. The van der Waals surface area contributed by atoms with E-state index in [0.717, 1.165) is 28.2 Å². The number of nitrogens with zero attached hydrogens (tertiary/aromatic N) is 2. The van der Waals surface area contributed by atoms with Gasteiger partial charge in [0.2, 0.25) is 6.23 Å². The molecule has 0 aliphatic carbocycles. The summed E-state index contributed by atoms with van der Waals surface area (Å²) in [6, 6.07) is 20.6. The molecule has 0 unspecified atom stereocenters. The Hall–Kier alpha value is -3.21. The first-order chi connectivity index (χ1) is 13.2. The van der Waals surface area contributed by atoms with E-state index in [0.29, 0.717) is 6.42 Å². The van der Waals surface area contributed by atoms with Gasteiger partial charge in [0.05, 0.1) is 11.8 Å². The van der Waals surface area contributed by atoms with Crippen molar-refractivity contribution in [2.24, 2.45) is 5.10 Å². The van der Waals surface area contributed by atoms with Gasteiger partial charge in [-0.3, -0.25) is 0 Å². The molecule has 0 radical (unpaired) electrons. The summed E-state index contributed by atoms with van der Waals surface area (Å²) in [5, 5.41) is 6.72. The van der Waals surface area contributed by atoms with Crippen LogP contribution in [0.5, 0.6) is 5.75 Å². The second-order valence-electron chi connectivity index (χ2n) is 6.71. The summed E-state index contributed by atoms with van der Waals surface area (Å²) >= 11 is 0. The number of hydrogen-bond acceptors (Lipinski definition) is 3. The van der Waals surface area contributed by atoms with Gasteiger partial charge in [0, 0.05) is 17.5 Å². The fourth-order valence-electron chi connectivity index (χ4n) is 3.70. The van der Waals surface area contributed by atoms with Gasteiger partial charge in [-0.05, 0) is 35.9 Å². The van der Waals surface area contributed by atoms with Crippen molar-refractivity contribution in [2.45, 2.75) is 18.7 Å². The molecule has 0 N–H and O–H groups in total. The van der Waals surface area contributed by atoms with Gasteiger partial charge in [0.25, 0.3) is 0 Å². The quantitative estimate of drug-likeness (QED) is 0.625. The molecule has 2 aliphatic heterocycles. The maximum atomic E-state index is 13.4. The zero-order chi connectivity index (χ0) is 18.4. The van der Waals surface area contributed by atoms with Crippen molar-refractivity contribution < 1.29 is 13.5 Å². The minimum Gasteiger partial charge on any atom is -0.464 e. The summed E-state index contributed by atoms with van der Waals surface area (Å²) in [6.45, 7) is 0. The molecule has 2 heterocycles. The average Bonchev–Trinajstić information content (AvgIpc) is 3.14. The normalized spacial score (nSPS) is 20.5. The van der Waals surface area contributed by atoms with Gasteiger partial charge in [0.1, 0.15) is 17.4 Å². The molecular formula is C22H16F2N2O. The maximum Gasteiger partial charge on any atom is 0.213 e. The highest BCUT2D eigenvalue weighted by molar-refractivity contribution is 6.01. The van der Waals surface area contributed by atoms with Crippen LogP contribution in [0.4, 0.5) is 8.78 Å². The minimum absolute atomic E-state index is 0.0186. The second-order valence-corrected chi connectivity index (χ2v) is 6.71. The van der Waals surface area contributed by atoms with Gasteiger partial charge in [-0.15, -0.1) is 0 Å². The van der Waals surface area contributed by atoms with Gasteiger partial charge in [-0.25, -0.2) is 13.8 Å². The lowest BCUT2D eigenvalue weighted by molar-refractivity contribution is -0.0190. The second kappa shape index (κ2) is 6.20. The maximum absolute atomic E-state index is 13.4. The largest absolute Gasteiger partial charge is 0.464 e. The summed E-state index contributed by atoms with van der Waals surface area (Å²) < 4.78 is 32.9. The highest BCUT2D eigenvalue weighted by atomic mass is 19.1. The Morgan fingerprint density at radius 3 is 2.26 bits per heavy atom. The monoisotopic (exact) mass is 362 g/mol. The lowest BCUT2D eigenvalue weighted by Gasteiger charge is -2.38. The summed E-state index contributed by atoms with van der Waals surface area (Å²) in [5.74, 6) is 0.250. The summed E-state index contributed by atoms with van der Waals surface area (Å²) in [4.78, 5) is 0. The Labute approximate surface area is 155 Å². The summed E-state index contributed by atoms with van der Waals surface area (Å²) in [6.07, 6.45) is 0.257. The van der Waals surface area contributed by atoms with Crippen LogP contribution in [0.3, 0.4) is 0 Å². The van der Waals surface area contributed by atoms with E-state index in [-0.39, 0.29) is 17.7 Å². The Balaban J connectivity index is 1.58. The molecule has 3 aromatic carbocycles. The third kappa shape index (κ3) is 2.76. The molecule has 27 heavy (non-hydrogen) atoms. The van der Waals surface area contributed by atoms with E-state index in [1.807, 2.05) is 29.3 Å². The van der Waals surface area contributed by atoms with Crippen molar-refractivity contribution in [3.05, 3.63) is 101 Å². The van der Waals surface area contributed by atoms with Gasteiger partial charge >= 0.3 is 0 Å². The van der Waals surface area contributed by atoms with Gasteiger partial charge in [-0.2, -0.15) is 5.10 Å². The first-order valence-electron chi connectivity index (χ1n) is 8.82. The molecule has 2 aliphatic rings. The van der Waals surface area contributed by atoms with E-state index in [9.17, 15) is 8.78 Å². The molecular weight excluding hydrogens is 346 g/mol. The number of halogens is 2. The molecule has 5 rings (SSSR count). The Morgan fingerprint density at radius 2 is 1.52 bits per heavy atom. The molecule has 0 fully saturated rings. The fourth-order valence-corrected chi connectivity index (χ4v) is 3.70. The van der Waals surface area contributed by atoms with Crippen LogP contribution in [-0.4, -0.2) is 10.7 Å². The van der Waals surface area contributed by atoms with E-state index in [1.165, 1.54) is 24.3 Å². The highest BCUT2D eigenvalue weighted by Gasteiger charge is 2.40. The van der Waals surface area contributed by atoms with Crippen LogP contribution in [0.2, 0.25) is 0 Å². The van der Waals surface area contributed by atoms with Gasteiger partial charge in [-0.1, -0.05) is 42.5 Å². The van der Waals surface area contributed by atoms with Crippen molar-refractivity contribution in [1.29, 1.82) is 0 Å². The fraction of sp³-hybridized carbons (Fsp3) is 0.136. The number of fused-ring (bicyclic) bond motifs is 3. The third-order valence-electron chi connectivity index (χ3n) is 5.03. The van der Waals surface area contributed by atoms with Crippen LogP contribution in [0.1, 0.15) is 35.4 Å². The number of hydrazone groups is 1. The molecule has 0 bridgehead atoms. The zero-order valence-corrected chi connectivity index (χ0v) is 14.3. The summed E-state index contributed by atoms with van der Waals surface area (Å²) in [7, 11) is 0. The lowest BCUT2D eigenvalue weighted by atomic mass is 9.96. The van der Waals surface area contributed by atoms with Crippen LogP contribution >= 0.6 is 0 Å². The van der Waals surface area contributed by atoms with Crippen LogP contribution < -0.4 is 4.74 Å². The molecule has 0 amide bonds. The standard InChI is InChI=1S/C22H16F2N2O/c23-16-9-5-14(6-10-16)19-13-20-18-3-1-2-4-21(18)27-22(26(20)25-19)15-7-11-17(24)12-8-15/h1-12,20,22H,13H2/t20-,22-/m0/s1. The molecule has 0 spiro atoms. The van der Waals surface area contributed by atoms with Crippen molar-refractivity contribution in [1.82, 2.24) is 5.01 Å². The predicted molar refractivity (Wildman–Crippen MR) is 98.3 cm³/mol. The lowest BCUT2D eigenvalue weighted by Crippen LogP contribution is -2.33. The molecule has 2 atom stereocenters. The van der Waals surface area contributed by atoms with E-state index in [2.05, 4.69) is 0 Å². The van der Waals surface area contributed by atoms with Crippen LogP contribution in [0, 0.1) is 11.6 Å². The Bertz CT molecular complexity index is 1020.